The Kier molecular flexibility index (Phi) is 2.86. The van der Waals surface area contributed by atoms with Gasteiger partial charge in [-0.15, -0.1) is 0 Å². The van der Waals surface area contributed by atoms with E-state index < -0.39 is 30.1 Å². The molecule has 1 aliphatic carbocycles. The highest BCUT2D eigenvalue weighted by Gasteiger charge is 2.50. The van der Waals surface area contributed by atoms with Gasteiger partial charge < -0.3 is 14.6 Å². The van der Waals surface area contributed by atoms with E-state index in [0.717, 1.165) is 0 Å². The van der Waals surface area contributed by atoms with Gasteiger partial charge in [-0.25, -0.2) is 0 Å². The Morgan fingerprint density at radius 2 is 2.25 bits per heavy atom. The fourth-order valence-corrected chi connectivity index (χ4v) is 2.26. The summed E-state index contributed by atoms with van der Waals surface area (Å²) in [7, 11) is 0. The molecule has 0 saturated carbocycles. The van der Waals surface area contributed by atoms with Crippen molar-refractivity contribution in [2.24, 2.45) is 5.11 Å². The zero-order valence-corrected chi connectivity index (χ0v) is 9.63. The first-order valence-electron chi connectivity index (χ1n) is 4.90. The Labute approximate surface area is 97.4 Å². The number of ether oxygens (including phenoxy) is 2. The van der Waals surface area contributed by atoms with Crippen LogP contribution in [0, 0.1) is 0 Å². The number of rotatable bonds is 1. The molecule has 0 bridgehead atoms. The number of aliphatic hydroxyl groups is 1. The number of aliphatic hydroxyl groups excluding tert-OH is 1. The maximum Gasteiger partial charge on any atom is 0.164 e. The Bertz CT molecular complexity index is 378. The molecule has 0 aromatic rings. The smallest absolute Gasteiger partial charge is 0.164 e. The summed E-state index contributed by atoms with van der Waals surface area (Å²) >= 11 is 6.00. The zero-order chi connectivity index (χ0) is 11.9. The lowest BCUT2D eigenvalue weighted by Crippen LogP contribution is -2.45. The van der Waals surface area contributed by atoms with E-state index in [1.54, 1.807) is 13.8 Å². The molecule has 1 heterocycles. The van der Waals surface area contributed by atoms with Crippen molar-refractivity contribution in [2.75, 3.05) is 0 Å². The summed E-state index contributed by atoms with van der Waals surface area (Å²) in [5, 5.41) is 13.8. The summed E-state index contributed by atoms with van der Waals surface area (Å²) < 4.78 is 11.1. The van der Waals surface area contributed by atoms with Gasteiger partial charge in [0, 0.05) is 9.94 Å². The predicted octanol–water partition coefficient (Wildman–Crippen LogP) is 1.68. The summed E-state index contributed by atoms with van der Waals surface area (Å²) in [5.41, 5.74) is 8.37. The van der Waals surface area contributed by atoms with Crippen LogP contribution in [0.15, 0.2) is 16.2 Å². The van der Waals surface area contributed by atoms with E-state index >= 15 is 0 Å². The molecule has 4 atom stereocenters. The molecule has 0 spiro atoms. The Balaban J connectivity index is 2.30. The van der Waals surface area contributed by atoms with Gasteiger partial charge in [0.25, 0.3) is 0 Å². The maximum absolute atomic E-state index is 9.95. The van der Waals surface area contributed by atoms with Gasteiger partial charge in [0.15, 0.2) is 5.79 Å². The standard InChI is InChI=1S/C9H12ClN3O3/c1-9(2)15-7-4(10)3-5(12-13-11)6(14)8(7)16-9/h3,5-8,14H,1-2H3/t5-,6+,7+,8-/m0/s1. The van der Waals surface area contributed by atoms with E-state index in [1.807, 2.05) is 0 Å². The summed E-state index contributed by atoms with van der Waals surface area (Å²) in [6, 6.07) is -0.712. The monoisotopic (exact) mass is 245 g/mol. The van der Waals surface area contributed by atoms with Gasteiger partial charge in [-0.1, -0.05) is 22.8 Å². The number of nitrogens with zero attached hydrogens (tertiary/aromatic N) is 3. The predicted molar refractivity (Wildman–Crippen MR) is 56.7 cm³/mol. The third kappa shape index (κ3) is 1.90. The van der Waals surface area contributed by atoms with Crippen molar-refractivity contribution < 1.29 is 14.6 Å². The number of fused-ring (bicyclic) bond motifs is 1. The van der Waals surface area contributed by atoms with Crippen LogP contribution in [0.5, 0.6) is 0 Å². The fourth-order valence-electron chi connectivity index (χ4n) is 1.96. The highest BCUT2D eigenvalue weighted by atomic mass is 35.5. The van der Waals surface area contributed by atoms with Crippen LogP contribution in [-0.4, -0.2) is 35.2 Å². The van der Waals surface area contributed by atoms with Crippen LogP contribution in [0.1, 0.15) is 13.8 Å². The molecule has 0 unspecified atom stereocenters. The molecule has 0 amide bonds. The van der Waals surface area contributed by atoms with Crippen LogP contribution >= 0.6 is 11.6 Å². The molecular weight excluding hydrogens is 234 g/mol. The van der Waals surface area contributed by atoms with Crippen LogP contribution in [0.2, 0.25) is 0 Å². The van der Waals surface area contributed by atoms with Crippen molar-refractivity contribution >= 4 is 11.6 Å². The first-order valence-corrected chi connectivity index (χ1v) is 5.27. The molecule has 16 heavy (non-hydrogen) atoms. The number of hydrogen-bond donors (Lipinski definition) is 1. The highest BCUT2D eigenvalue weighted by Crippen LogP contribution is 2.39. The van der Waals surface area contributed by atoms with E-state index in [9.17, 15) is 5.11 Å². The van der Waals surface area contributed by atoms with Crippen LogP contribution in [0.4, 0.5) is 0 Å². The number of halogens is 1. The van der Waals surface area contributed by atoms with Crippen LogP contribution in [0.25, 0.3) is 10.4 Å². The molecule has 2 aliphatic rings. The van der Waals surface area contributed by atoms with Crippen LogP contribution in [-0.2, 0) is 9.47 Å². The summed E-state index contributed by atoms with van der Waals surface area (Å²) in [6.07, 6.45) is -0.525. The molecule has 1 aliphatic heterocycles. The number of azide groups is 1. The van der Waals surface area contributed by atoms with E-state index in [4.69, 9.17) is 26.6 Å². The Morgan fingerprint density at radius 3 is 2.88 bits per heavy atom. The molecular formula is C9H12ClN3O3. The maximum atomic E-state index is 9.95. The van der Waals surface area contributed by atoms with E-state index in [2.05, 4.69) is 10.0 Å². The lowest BCUT2D eigenvalue weighted by molar-refractivity contribution is -0.153. The van der Waals surface area contributed by atoms with Gasteiger partial charge in [0.05, 0.1) is 12.1 Å². The molecule has 1 N–H and O–H groups in total. The molecule has 88 valence electrons. The van der Waals surface area contributed by atoms with Crippen molar-refractivity contribution in [3.63, 3.8) is 0 Å². The normalized spacial score (nSPS) is 40.9. The van der Waals surface area contributed by atoms with Crippen LogP contribution in [0.3, 0.4) is 0 Å². The van der Waals surface area contributed by atoms with Crippen molar-refractivity contribution in [1.29, 1.82) is 0 Å². The van der Waals surface area contributed by atoms with Gasteiger partial charge in [0.2, 0.25) is 0 Å². The third-order valence-electron chi connectivity index (χ3n) is 2.60. The second-order valence-electron chi connectivity index (χ2n) is 4.26. The fraction of sp³-hybridized carbons (Fsp3) is 0.778. The van der Waals surface area contributed by atoms with Gasteiger partial charge in [-0.3, -0.25) is 0 Å². The second kappa shape index (κ2) is 3.91. The molecule has 0 radical (unpaired) electrons. The number of hydrogen-bond acceptors (Lipinski definition) is 4. The molecule has 1 fully saturated rings. The Morgan fingerprint density at radius 1 is 1.56 bits per heavy atom. The zero-order valence-electron chi connectivity index (χ0n) is 8.87. The van der Waals surface area contributed by atoms with Crippen molar-refractivity contribution in [3.05, 3.63) is 21.6 Å². The molecule has 7 heteroatoms. The lowest BCUT2D eigenvalue weighted by atomic mass is 9.95. The first kappa shape index (κ1) is 11.7. The van der Waals surface area contributed by atoms with E-state index in [0.29, 0.717) is 5.03 Å². The van der Waals surface area contributed by atoms with Gasteiger partial charge in [0.1, 0.15) is 12.2 Å². The average Bonchev–Trinajstić information content (AvgIpc) is 2.51. The van der Waals surface area contributed by atoms with Crippen molar-refractivity contribution in [3.8, 4) is 0 Å². The second-order valence-corrected chi connectivity index (χ2v) is 4.69. The van der Waals surface area contributed by atoms with Gasteiger partial charge >= 0.3 is 0 Å². The van der Waals surface area contributed by atoms with E-state index in [-0.39, 0.29) is 0 Å². The van der Waals surface area contributed by atoms with Crippen LogP contribution < -0.4 is 0 Å². The Hall–Kier alpha value is -0.780. The summed E-state index contributed by atoms with van der Waals surface area (Å²) in [6.45, 7) is 3.48. The minimum Gasteiger partial charge on any atom is -0.390 e. The highest BCUT2D eigenvalue weighted by molar-refractivity contribution is 6.30. The van der Waals surface area contributed by atoms with Gasteiger partial charge in [-0.2, -0.15) is 0 Å². The topological polar surface area (TPSA) is 87.5 Å². The third-order valence-corrected chi connectivity index (χ3v) is 2.94. The largest absolute Gasteiger partial charge is 0.390 e. The first-order chi connectivity index (χ1) is 7.44. The van der Waals surface area contributed by atoms with Gasteiger partial charge in [-0.05, 0) is 19.4 Å². The summed E-state index contributed by atoms with van der Waals surface area (Å²) in [4.78, 5) is 2.66. The minimum absolute atomic E-state index is 0.401. The molecule has 0 aromatic carbocycles. The van der Waals surface area contributed by atoms with Crippen molar-refractivity contribution in [1.82, 2.24) is 0 Å². The minimum atomic E-state index is -0.940. The SMILES string of the molecule is CC1(C)O[C@H]2[C@H](O)[C@@H](N=[N+]=[N-])C=C(Cl)[C@H]2O1. The molecule has 1 saturated heterocycles. The molecule has 2 rings (SSSR count). The molecule has 0 aromatic heterocycles. The van der Waals surface area contributed by atoms with E-state index in [1.165, 1.54) is 6.08 Å². The summed E-state index contributed by atoms with van der Waals surface area (Å²) in [5.74, 6) is -0.796. The lowest BCUT2D eigenvalue weighted by Gasteiger charge is -2.29. The quantitative estimate of drug-likeness (QED) is 0.433. The molecule has 6 nitrogen and oxygen atoms in total. The average molecular weight is 246 g/mol. The van der Waals surface area contributed by atoms with Crippen molar-refractivity contribution in [2.45, 2.75) is 44.0 Å².